The highest BCUT2D eigenvalue weighted by Crippen LogP contribution is 2.17. The lowest BCUT2D eigenvalue weighted by atomic mass is 10.1. The zero-order chi connectivity index (χ0) is 13.7. The van der Waals surface area contributed by atoms with Crippen molar-refractivity contribution in [1.29, 1.82) is 0 Å². The molecule has 0 unspecified atom stereocenters. The first-order valence-electron chi connectivity index (χ1n) is 6.53. The van der Waals surface area contributed by atoms with Gasteiger partial charge < -0.3 is 16.0 Å². The minimum atomic E-state index is -0.118. The summed E-state index contributed by atoms with van der Waals surface area (Å²) in [6, 6.07) is 7.28. The first kappa shape index (κ1) is 13.5. The number of amides is 2. The summed E-state index contributed by atoms with van der Waals surface area (Å²) < 4.78 is 0. The highest BCUT2D eigenvalue weighted by Gasteiger charge is 2.22. The second-order valence-electron chi connectivity index (χ2n) is 4.65. The molecule has 1 saturated heterocycles. The summed E-state index contributed by atoms with van der Waals surface area (Å²) >= 11 is 0. The molecule has 1 aliphatic rings. The summed E-state index contributed by atoms with van der Waals surface area (Å²) in [4.78, 5) is 23.5. The average molecular weight is 261 g/mol. The number of carbonyl (C=O) groups excluding carboxylic acids is 2. The molecule has 1 aromatic rings. The fourth-order valence-corrected chi connectivity index (χ4v) is 2.19. The van der Waals surface area contributed by atoms with Gasteiger partial charge in [-0.2, -0.15) is 0 Å². The van der Waals surface area contributed by atoms with Crippen molar-refractivity contribution in [1.82, 2.24) is 10.6 Å². The van der Waals surface area contributed by atoms with Crippen LogP contribution in [0.15, 0.2) is 24.3 Å². The highest BCUT2D eigenvalue weighted by molar-refractivity contribution is 5.96. The Labute approximate surface area is 112 Å². The fraction of sp³-hybridized carbons (Fsp3) is 0.429. The number of anilines is 1. The monoisotopic (exact) mass is 261 g/mol. The van der Waals surface area contributed by atoms with E-state index < -0.39 is 0 Å². The van der Waals surface area contributed by atoms with E-state index in [1.165, 1.54) is 0 Å². The molecule has 0 bridgehead atoms. The van der Waals surface area contributed by atoms with Gasteiger partial charge >= 0.3 is 0 Å². The van der Waals surface area contributed by atoms with E-state index in [-0.39, 0.29) is 24.3 Å². The number of rotatable bonds is 4. The van der Waals surface area contributed by atoms with Crippen molar-refractivity contribution in [3.8, 4) is 0 Å². The Balaban J connectivity index is 2.06. The second kappa shape index (κ2) is 6.33. The van der Waals surface area contributed by atoms with Crippen molar-refractivity contribution >= 4 is 17.5 Å². The molecule has 102 valence electrons. The number of para-hydroxylation sites is 1. The molecule has 0 radical (unpaired) electrons. The van der Waals surface area contributed by atoms with E-state index in [0.717, 1.165) is 24.9 Å². The molecule has 1 aliphatic heterocycles. The molecule has 0 saturated carbocycles. The summed E-state index contributed by atoms with van der Waals surface area (Å²) in [7, 11) is 1.60. The van der Waals surface area contributed by atoms with Crippen molar-refractivity contribution in [2.24, 2.45) is 0 Å². The largest absolute Gasteiger partial charge is 0.359 e. The highest BCUT2D eigenvalue weighted by atomic mass is 16.2. The van der Waals surface area contributed by atoms with Crippen LogP contribution in [0.1, 0.15) is 18.4 Å². The molecule has 1 aromatic carbocycles. The van der Waals surface area contributed by atoms with Gasteiger partial charge in [-0.25, -0.2) is 0 Å². The van der Waals surface area contributed by atoms with Crippen molar-refractivity contribution in [3.05, 3.63) is 29.8 Å². The molecule has 3 N–H and O–H groups in total. The minimum absolute atomic E-state index is 0.0261. The van der Waals surface area contributed by atoms with Crippen LogP contribution in [0.25, 0.3) is 0 Å². The third kappa shape index (κ3) is 3.54. The topological polar surface area (TPSA) is 70.2 Å². The third-order valence-electron chi connectivity index (χ3n) is 3.28. The van der Waals surface area contributed by atoms with Gasteiger partial charge in [0.1, 0.15) is 0 Å². The molecular weight excluding hydrogens is 242 g/mol. The number of hydrogen-bond donors (Lipinski definition) is 3. The fourth-order valence-electron chi connectivity index (χ4n) is 2.19. The Morgan fingerprint density at radius 2 is 2.16 bits per heavy atom. The molecule has 2 amide bonds. The summed E-state index contributed by atoms with van der Waals surface area (Å²) in [6.07, 6.45) is 2.16. The first-order chi connectivity index (χ1) is 9.20. The van der Waals surface area contributed by atoms with Crippen LogP contribution in [0.4, 0.5) is 5.69 Å². The predicted molar refractivity (Wildman–Crippen MR) is 73.9 cm³/mol. The van der Waals surface area contributed by atoms with Crippen LogP contribution in [-0.2, 0) is 16.0 Å². The van der Waals surface area contributed by atoms with E-state index in [2.05, 4.69) is 16.0 Å². The maximum absolute atomic E-state index is 12.0. The van der Waals surface area contributed by atoms with Crippen LogP contribution in [0.5, 0.6) is 0 Å². The summed E-state index contributed by atoms with van der Waals surface area (Å²) in [5.74, 6) is -0.0949. The van der Waals surface area contributed by atoms with E-state index in [0.29, 0.717) is 5.69 Å². The lowest BCUT2D eigenvalue weighted by molar-refractivity contribution is -0.120. The average Bonchev–Trinajstić information content (AvgIpc) is 2.95. The van der Waals surface area contributed by atoms with E-state index in [1.54, 1.807) is 7.05 Å². The molecule has 5 nitrogen and oxygen atoms in total. The number of likely N-dealkylation sites (N-methyl/N-ethyl adjacent to an activating group) is 1. The van der Waals surface area contributed by atoms with Crippen LogP contribution in [0.2, 0.25) is 0 Å². The van der Waals surface area contributed by atoms with Crippen molar-refractivity contribution in [2.45, 2.75) is 25.3 Å². The van der Waals surface area contributed by atoms with Gasteiger partial charge in [0, 0.05) is 12.7 Å². The minimum Gasteiger partial charge on any atom is -0.359 e. The Morgan fingerprint density at radius 1 is 1.37 bits per heavy atom. The smallest absolute Gasteiger partial charge is 0.241 e. The molecule has 2 rings (SSSR count). The van der Waals surface area contributed by atoms with Crippen LogP contribution in [-0.4, -0.2) is 31.4 Å². The molecule has 0 aromatic heterocycles. The molecule has 0 spiro atoms. The molecule has 19 heavy (non-hydrogen) atoms. The standard InChI is InChI=1S/C14H19N3O2/c1-15-13(18)9-10-5-2-3-6-11(10)17-14(19)12-7-4-8-16-12/h2-3,5-6,12,16H,4,7-9H2,1H3,(H,15,18)(H,17,19)/t12-/m0/s1. The number of hydrogen-bond acceptors (Lipinski definition) is 3. The molecule has 0 aliphatic carbocycles. The Morgan fingerprint density at radius 3 is 2.84 bits per heavy atom. The summed E-state index contributed by atoms with van der Waals surface area (Å²) in [5.41, 5.74) is 1.54. The zero-order valence-corrected chi connectivity index (χ0v) is 11.0. The van der Waals surface area contributed by atoms with E-state index in [4.69, 9.17) is 0 Å². The van der Waals surface area contributed by atoms with Gasteiger partial charge in [0.2, 0.25) is 11.8 Å². The Kier molecular flexibility index (Phi) is 4.52. The maximum Gasteiger partial charge on any atom is 0.241 e. The van der Waals surface area contributed by atoms with Crippen LogP contribution >= 0.6 is 0 Å². The maximum atomic E-state index is 12.0. The van der Waals surface area contributed by atoms with Crippen molar-refractivity contribution in [3.63, 3.8) is 0 Å². The van der Waals surface area contributed by atoms with Gasteiger partial charge in [0.25, 0.3) is 0 Å². The molecule has 5 heteroatoms. The predicted octanol–water partition coefficient (Wildman–Crippen LogP) is 0.666. The van der Waals surface area contributed by atoms with Crippen molar-refractivity contribution in [2.75, 3.05) is 18.9 Å². The van der Waals surface area contributed by atoms with Crippen LogP contribution in [0, 0.1) is 0 Å². The quantitative estimate of drug-likeness (QED) is 0.746. The number of nitrogens with one attached hydrogen (secondary N) is 3. The van der Waals surface area contributed by atoms with Crippen LogP contribution < -0.4 is 16.0 Å². The normalized spacial score (nSPS) is 18.1. The first-order valence-corrected chi connectivity index (χ1v) is 6.53. The summed E-state index contributed by atoms with van der Waals surface area (Å²) in [5, 5.41) is 8.64. The Bertz CT molecular complexity index is 468. The SMILES string of the molecule is CNC(=O)Cc1ccccc1NC(=O)[C@@H]1CCCN1. The lowest BCUT2D eigenvalue weighted by Crippen LogP contribution is -2.35. The molecule has 1 atom stereocenters. The van der Waals surface area contributed by atoms with Gasteiger partial charge in [0.05, 0.1) is 12.5 Å². The number of benzene rings is 1. The van der Waals surface area contributed by atoms with Gasteiger partial charge in [-0.1, -0.05) is 18.2 Å². The van der Waals surface area contributed by atoms with E-state index in [1.807, 2.05) is 24.3 Å². The second-order valence-corrected chi connectivity index (χ2v) is 4.65. The van der Waals surface area contributed by atoms with Gasteiger partial charge in [-0.3, -0.25) is 9.59 Å². The zero-order valence-electron chi connectivity index (χ0n) is 11.0. The molecule has 1 heterocycles. The lowest BCUT2D eigenvalue weighted by Gasteiger charge is -2.14. The molecular formula is C14H19N3O2. The van der Waals surface area contributed by atoms with Gasteiger partial charge in [-0.05, 0) is 31.0 Å². The molecule has 1 fully saturated rings. The van der Waals surface area contributed by atoms with E-state index in [9.17, 15) is 9.59 Å². The summed E-state index contributed by atoms with van der Waals surface area (Å²) in [6.45, 7) is 0.887. The van der Waals surface area contributed by atoms with Gasteiger partial charge in [-0.15, -0.1) is 0 Å². The third-order valence-corrected chi connectivity index (χ3v) is 3.28. The number of carbonyl (C=O) groups is 2. The van der Waals surface area contributed by atoms with Crippen LogP contribution in [0.3, 0.4) is 0 Å². The van der Waals surface area contributed by atoms with Gasteiger partial charge in [0.15, 0.2) is 0 Å². The Hall–Kier alpha value is -1.88. The van der Waals surface area contributed by atoms with E-state index >= 15 is 0 Å². The van der Waals surface area contributed by atoms with Crippen molar-refractivity contribution < 1.29 is 9.59 Å².